The van der Waals surface area contributed by atoms with Crippen LogP contribution in [0.4, 0.5) is 0 Å². The molecule has 0 N–H and O–H groups in total. The van der Waals surface area contributed by atoms with Crippen molar-refractivity contribution in [3.63, 3.8) is 0 Å². The number of hydrogen-bond donors (Lipinski definition) is 0. The fourth-order valence-corrected chi connectivity index (χ4v) is 4.15. The van der Waals surface area contributed by atoms with Crippen molar-refractivity contribution in [2.75, 3.05) is 6.61 Å². The summed E-state index contributed by atoms with van der Waals surface area (Å²) in [5.41, 5.74) is 3.14. The number of aldehydes is 1. The molecule has 5 atom stereocenters. The Morgan fingerprint density at radius 1 is 1.17 bits per heavy atom. The molecule has 0 fully saturated rings. The van der Waals surface area contributed by atoms with E-state index >= 15 is 0 Å². The molecule has 2 aliphatic rings. The molecule has 0 spiro atoms. The van der Waals surface area contributed by atoms with Gasteiger partial charge < -0.3 is 9.47 Å². The minimum atomic E-state index is -0.209. The van der Waals surface area contributed by atoms with Gasteiger partial charge in [-0.15, -0.1) is 0 Å². The minimum absolute atomic E-state index is 0.124. The molecule has 3 heteroatoms. The molecule has 1 aromatic carbocycles. The van der Waals surface area contributed by atoms with Crippen molar-refractivity contribution in [1.82, 2.24) is 0 Å². The number of rotatable bonds is 4. The third kappa shape index (κ3) is 2.86. The second kappa shape index (κ2) is 6.71. The summed E-state index contributed by atoms with van der Waals surface area (Å²) >= 11 is 0. The highest BCUT2D eigenvalue weighted by Crippen LogP contribution is 2.48. The van der Waals surface area contributed by atoms with Crippen molar-refractivity contribution in [3.05, 3.63) is 59.4 Å². The van der Waals surface area contributed by atoms with E-state index in [2.05, 4.69) is 26.0 Å². The third-order valence-corrected chi connectivity index (χ3v) is 5.13. The third-order valence-electron chi connectivity index (χ3n) is 5.13. The van der Waals surface area contributed by atoms with Gasteiger partial charge in [0.2, 0.25) is 6.29 Å². The van der Waals surface area contributed by atoms with E-state index in [1.807, 2.05) is 31.2 Å². The smallest absolute Gasteiger partial charge is 0.202 e. The molecule has 122 valence electrons. The summed E-state index contributed by atoms with van der Waals surface area (Å²) in [6, 6.07) is 10.3. The Kier molecular flexibility index (Phi) is 4.67. The van der Waals surface area contributed by atoms with Crippen LogP contribution in [-0.4, -0.2) is 19.2 Å². The zero-order valence-corrected chi connectivity index (χ0v) is 13.9. The summed E-state index contributed by atoms with van der Waals surface area (Å²) in [6.07, 6.45) is 4.57. The number of carbonyl (C=O) groups is 1. The first-order valence-corrected chi connectivity index (χ1v) is 8.36. The number of hydrogen-bond acceptors (Lipinski definition) is 3. The zero-order valence-electron chi connectivity index (χ0n) is 13.9. The SMILES string of the molecule is CCO[C@H]1OC=C2C=C(C=O)[C@H](c3ccccc3)[C@@H](C)[C@@H]2[C@@H]1C. The average molecular weight is 312 g/mol. The topological polar surface area (TPSA) is 35.5 Å². The molecule has 23 heavy (non-hydrogen) atoms. The maximum atomic E-state index is 11.7. The summed E-state index contributed by atoms with van der Waals surface area (Å²) in [5.74, 6) is 1.02. The molecule has 0 bridgehead atoms. The summed E-state index contributed by atoms with van der Waals surface area (Å²) in [7, 11) is 0. The lowest BCUT2D eigenvalue weighted by Crippen LogP contribution is -2.40. The van der Waals surface area contributed by atoms with E-state index in [0.29, 0.717) is 18.4 Å². The predicted octanol–water partition coefficient (Wildman–Crippen LogP) is 4.07. The standard InChI is InChI=1S/C20H24O3/c1-4-22-20-14(3)18-13(2)19(15-8-6-5-7-9-15)16(11-21)10-17(18)12-23-20/h5-14,18-20H,4H2,1-3H3/t13-,14-,18+,19-,20-/m0/s1. The fourth-order valence-electron chi connectivity index (χ4n) is 4.15. The summed E-state index contributed by atoms with van der Waals surface area (Å²) in [6.45, 7) is 7.03. The van der Waals surface area contributed by atoms with Crippen LogP contribution in [0, 0.1) is 17.8 Å². The highest BCUT2D eigenvalue weighted by molar-refractivity contribution is 5.78. The Hall–Kier alpha value is -1.87. The lowest BCUT2D eigenvalue weighted by Gasteiger charge is -2.44. The lowest BCUT2D eigenvalue weighted by molar-refractivity contribution is -0.156. The Balaban J connectivity index is 2.01. The van der Waals surface area contributed by atoms with Gasteiger partial charge >= 0.3 is 0 Å². The van der Waals surface area contributed by atoms with E-state index in [1.165, 1.54) is 5.56 Å². The first-order chi connectivity index (χ1) is 11.2. The van der Waals surface area contributed by atoms with E-state index in [-0.39, 0.29) is 18.1 Å². The van der Waals surface area contributed by atoms with Gasteiger partial charge in [-0.05, 0) is 36.0 Å². The summed E-state index contributed by atoms with van der Waals surface area (Å²) in [5, 5.41) is 0. The normalized spacial score (nSPS) is 33.1. The van der Waals surface area contributed by atoms with Gasteiger partial charge in [0.1, 0.15) is 6.29 Å². The van der Waals surface area contributed by atoms with Crippen LogP contribution in [0.1, 0.15) is 32.3 Å². The molecule has 1 aliphatic heterocycles. The maximum Gasteiger partial charge on any atom is 0.202 e. The fraction of sp³-hybridized carbons (Fsp3) is 0.450. The molecule has 0 radical (unpaired) electrons. The van der Waals surface area contributed by atoms with Crippen LogP contribution in [0.2, 0.25) is 0 Å². The Bertz CT molecular complexity index is 617. The van der Waals surface area contributed by atoms with Crippen molar-refractivity contribution in [3.8, 4) is 0 Å². The van der Waals surface area contributed by atoms with Crippen LogP contribution < -0.4 is 0 Å². The van der Waals surface area contributed by atoms with Crippen molar-refractivity contribution in [2.45, 2.75) is 33.0 Å². The van der Waals surface area contributed by atoms with Gasteiger partial charge in [-0.25, -0.2) is 0 Å². The summed E-state index contributed by atoms with van der Waals surface area (Å²) < 4.78 is 11.5. The van der Waals surface area contributed by atoms with Gasteiger partial charge in [0.25, 0.3) is 0 Å². The number of benzene rings is 1. The molecule has 1 aliphatic carbocycles. The first kappa shape index (κ1) is 16.0. The number of allylic oxidation sites excluding steroid dienone is 3. The zero-order chi connectivity index (χ0) is 16.4. The highest BCUT2D eigenvalue weighted by atomic mass is 16.7. The molecule has 3 rings (SSSR count). The molecule has 3 nitrogen and oxygen atoms in total. The largest absolute Gasteiger partial charge is 0.472 e. The van der Waals surface area contributed by atoms with E-state index < -0.39 is 0 Å². The van der Waals surface area contributed by atoms with E-state index in [9.17, 15) is 4.79 Å². The Labute approximate surface area is 138 Å². The molecular weight excluding hydrogens is 288 g/mol. The number of carbonyl (C=O) groups excluding carboxylic acids is 1. The van der Waals surface area contributed by atoms with E-state index in [1.54, 1.807) is 6.26 Å². The summed E-state index contributed by atoms with van der Waals surface area (Å²) in [4.78, 5) is 11.7. The van der Waals surface area contributed by atoms with Gasteiger partial charge in [-0.1, -0.05) is 44.2 Å². The number of ether oxygens (including phenoxy) is 2. The van der Waals surface area contributed by atoms with Gasteiger partial charge in [-0.3, -0.25) is 4.79 Å². The molecular formula is C20H24O3. The molecule has 1 heterocycles. The van der Waals surface area contributed by atoms with Crippen LogP contribution in [0.3, 0.4) is 0 Å². The maximum absolute atomic E-state index is 11.7. The molecule has 0 saturated heterocycles. The monoisotopic (exact) mass is 312 g/mol. The molecule has 1 aromatic rings. The quantitative estimate of drug-likeness (QED) is 0.786. The van der Waals surface area contributed by atoms with Crippen LogP contribution in [-0.2, 0) is 14.3 Å². The number of fused-ring (bicyclic) bond motifs is 1. The van der Waals surface area contributed by atoms with E-state index in [0.717, 1.165) is 17.4 Å². The molecule has 0 saturated carbocycles. The molecule has 0 amide bonds. The van der Waals surface area contributed by atoms with Gasteiger partial charge in [0.05, 0.1) is 6.26 Å². The van der Waals surface area contributed by atoms with Crippen molar-refractivity contribution >= 4 is 6.29 Å². The van der Waals surface area contributed by atoms with Crippen molar-refractivity contribution in [1.29, 1.82) is 0 Å². The Morgan fingerprint density at radius 3 is 2.57 bits per heavy atom. The average Bonchev–Trinajstić information content (AvgIpc) is 2.57. The molecule has 0 unspecified atom stereocenters. The predicted molar refractivity (Wildman–Crippen MR) is 89.7 cm³/mol. The Morgan fingerprint density at radius 2 is 1.91 bits per heavy atom. The van der Waals surface area contributed by atoms with Gasteiger partial charge in [0.15, 0.2) is 0 Å². The van der Waals surface area contributed by atoms with Crippen LogP contribution in [0.25, 0.3) is 0 Å². The van der Waals surface area contributed by atoms with E-state index in [4.69, 9.17) is 9.47 Å². The van der Waals surface area contributed by atoms with Crippen molar-refractivity contribution < 1.29 is 14.3 Å². The second-order valence-corrected chi connectivity index (χ2v) is 6.47. The van der Waals surface area contributed by atoms with Crippen LogP contribution >= 0.6 is 0 Å². The van der Waals surface area contributed by atoms with Crippen molar-refractivity contribution in [2.24, 2.45) is 17.8 Å². The van der Waals surface area contributed by atoms with Crippen LogP contribution in [0.15, 0.2) is 53.8 Å². The lowest BCUT2D eigenvalue weighted by atomic mass is 9.64. The van der Waals surface area contributed by atoms with Crippen LogP contribution in [0.5, 0.6) is 0 Å². The van der Waals surface area contributed by atoms with Gasteiger partial charge in [0, 0.05) is 24.0 Å². The minimum Gasteiger partial charge on any atom is -0.472 e. The second-order valence-electron chi connectivity index (χ2n) is 6.47. The first-order valence-electron chi connectivity index (χ1n) is 8.36. The highest BCUT2D eigenvalue weighted by Gasteiger charge is 2.43. The van der Waals surface area contributed by atoms with Gasteiger partial charge in [-0.2, -0.15) is 0 Å². The molecule has 0 aromatic heterocycles.